The highest BCUT2D eigenvalue weighted by Gasteiger charge is 2.08. The zero-order valence-corrected chi connectivity index (χ0v) is 25.0. The summed E-state index contributed by atoms with van der Waals surface area (Å²) in [4.78, 5) is 67.7. The maximum Gasteiger partial charge on any atom is 0.509 e. The average molecular weight is 647 g/mol. The van der Waals surface area contributed by atoms with Crippen LogP contribution in [0, 0.1) is 47.4 Å². The summed E-state index contributed by atoms with van der Waals surface area (Å²) in [7, 11) is 0. The number of esters is 2. The fraction of sp³-hybridized carbons (Fsp3) is 0.400. The number of carbonyl (C=O) groups is 6. The van der Waals surface area contributed by atoms with Crippen LogP contribution in [0.3, 0.4) is 0 Å². The summed E-state index contributed by atoms with van der Waals surface area (Å²) >= 11 is 0. The molecular weight excluding hydrogens is 616 g/mol. The van der Waals surface area contributed by atoms with E-state index in [0.717, 1.165) is 0 Å². The molecule has 0 fully saturated rings. The van der Waals surface area contributed by atoms with Crippen molar-refractivity contribution < 1.29 is 76.1 Å². The Morgan fingerprint density at radius 3 is 0.826 bits per heavy atom. The fourth-order valence-corrected chi connectivity index (χ4v) is 1.88. The van der Waals surface area contributed by atoms with Crippen LogP contribution in [0.1, 0.15) is 13.8 Å². The van der Waals surface area contributed by atoms with E-state index < -0.39 is 36.6 Å². The quantitative estimate of drug-likeness (QED) is 0.0821. The first-order chi connectivity index (χ1) is 22.0. The molecular formula is C30H30O16. The molecule has 0 aromatic carbocycles. The summed E-state index contributed by atoms with van der Waals surface area (Å²) in [6.07, 6.45) is -4.19. The highest BCUT2D eigenvalue weighted by molar-refractivity contribution is 5.87. The number of ether oxygens (including phenoxy) is 10. The van der Waals surface area contributed by atoms with Crippen LogP contribution in [0.2, 0.25) is 0 Å². The molecule has 246 valence electrons. The van der Waals surface area contributed by atoms with E-state index in [1.807, 2.05) is 0 Å². The molecule has 0 atom stereocenters. The Balaban J connectivity index is 3.82. The molecule has 0 saturated heterocycles. The molecule has 0 N–H and O–H groups in total. The van der Waals surface area contributed by atoms with E-state index in [1.165, 1.54) is 13.8 Å². The smallest absolute Gasteiger partial charge is 0.459 e. The van der Waals surface area contributed by atoms with Gasteiger partial charge in [-0.25, -0.2) is 28.8 Å². The lowest BCUT2D eigenvalue weighted by Gasteiger charge is -2.05. The van der Waals surface area contributed by atoms with Gasteiger partial charge in [0.1, 0.15) is 39.6 Å². The molecule has 0 rings (SSSR count). The van der Waals surface area contributed by atoms with Crippen molar-refractivity contribution in [3.8, 4) is 47.4 Å². The lowest BCUT2D eigenvalue weighted by atomic mass is 10.4. The van der Waals surface area contributed by atoms with Crippen molar-refractivity contribution in [1.29, 1.82) is 0 Å². The van der Waals surface area contributed by atoms with Crippen LogP contribution in [0.5, 0.6) is 0 Å². The summed E-state index contributed by atoms with van der Waals surface area (Å²) in [5.41, 5.74) is 0.425. The minimum atomic E-state index is -1.08. The third kappa shape index (κ3) is 25.5. The second-order valence-corrected chi connectivity index (χ2v) is 7.59. The van der Waals surface area contributed by atoms with Crippen molar-refractivity contribution in [2.75, 3.05) is 66.1 Å². The van der Waals surface area contributed by atoms with Gasteiger partial charge < -0.3 is 47.4 Å². The van der Waals surface area contributed by atoms with Gasteiger partial charge in [-0.15, -0.1) is 0 Å². The Morgan fingerprint density at radius 1 is 0.391 bits per heavy atom. The first-order valence-corrected chi connectivity index (χ1v) is 12.8. The van der Waals surface area contributed by atoms with Crippen molar-refractivity contribution in [1.82, 2.24) is 0 Å². The van der Waals surface area contributed by atoms with E-state index in [9.17, 15) is 28.8 Å². The van der Waals surface area contributed by atoms with Crippen molar-refractivity contribution >= 4 is 36.6 Å². The first kappa shape index (κ1) is 39.7. The zero-order chi connectivity index (χ0) is 34.4. The number of hydrogen-bond donors (Lipinski definition) is 0. The minimum absolute atomic E-state index is 0.155. The van der Waals surface area contributed by atoms with Crippen LogP contribution >= 0.6 is 0 Å². The van der Waals surface area contributed by atoms with Crippen LogP contribution in [0.4, 0.5) is 19.2 Å². The summed E-state index contributed by atoms with van der Waals surface area (Å²) in [5, 5.41) is 0. The molecule has 0 unspecified atom stereocenters. The summed E-state index contributed by atoms with van der Waals surface area (Å²) in [6.45, 7) is 7.03. The number of carbonyl (C=O) groups excluding carboxylic acids is 6. The van der Waals surface area contributed by atoms with Gasteiger partial charge in [0.2, 0.25) is 0 Å². The fourth-order valence-electron chi connectivity index (χ4n) is 1.88. The largest absolute Gasteiger partial charge is 0.509 e. The predicted molar refractivity (Wildman–Crippen MR) is 152 cm³/mol. The Hall–Kier alpha value is -6.26. The molecule has 0 radical (unpaired) electrons. The predicted octanol–water partition coefficient (Wildman–Crippen LogP) is 1.85. The highest BCUT2D eigenvalue weighted by Crippen LogP contribution is 1.94. The Bertz CT molecular complexity index is 1240. The summed E-state index contributed by atoms with van der Waals surface area (Å²) < 4.78 is 46.6. The molecule has 0 saturated carbocycles. The van der Waals surface area contributed by atoms with Crippen LogP contribution in [-0.2, 0) is 57.0 Å². The second-order valence-electron chi connectivity index (χ2n) is 7.59. The lowest BCUT2D eigenvalue weighted by molar-refractivity contribution is -0.140. The first-order valence-electron chi connectivity index (χ1n) is 12.8. The van der Waals surface area contributed by atoms with Gasteiger partial charge in [-0.1, -0.05) is 13.2 Å². The summed E-state index contributed by atoms with van der Waals surface area (Å²) in [6, 6.07) is 0. The van der Waals surface area contributed by atoms with Crippen LogP contribution in [0.25, 0.3) is 0 Å². The van der Waals surface area contributed by atoms with Gasteiger partial charge in [0, 0.05) is 11.1 Å². The maximum absolute atomic E-state index is 11.4. The van der Waals surface area contributed by atoms with Crippen LogP contribution in [-0.4, -0.2) is 103 Å². The minimum Gasteiger partial charge on any atom is -0.459 e. The molecule has 0 aromatic rings. The molecule has 0 amide bonds. The van der Waals surface area contributed by atoms with Gasteiger partial charge in [-0.2, -0.15) is 0 Å². The van der Waals surface area contributed by atoms with Gasteiger partial charge in [-0.05, 0) is 61.2 Å². The maximum atomic E-state index is 11.4. The van der Waals surface area contributed by atoms with Gasteiger partial charge in [0.05, 0.1) is 0 Å². The molecule has 46 heavy (non-hydrogen) atoms. The van der Waals surface area contributed by atoms with E-state index in [0.29, 0.717) is 0 Å². The van der Waals surface area contributed by atoms with Crippen LogP contribution in [0.15, 0.2) is 24.3 Å². The van der Waals surface area contributed by atoms with Crippen molar-refractivity contribution in [2.45, 2.75) is 13.8 Å². The molecule has 0 aromatic heterocycles. The second kappa shape index (κ2) is 26.4. The molecule has 16 heteroatoms. The molecule has 0 spiro atoms. The van der Waals surface area contributed by atoms with E-state index in [-0.39, 0.29) is 77.2 Å². The SMILES string of the molecule is C=C(C)C(=O)OCCOC(=O)OCC#CC#CCOC(=O)OCCOC(=O)OCC#CC#CCOC(=O)OCCOC(=O)C(=C)C. The zero-order valence-electron chi connectivity index (χ0n) is 25.0. The standard InChI is InChI=1S/C30H30O16/c1-23(2)25(31)37-17-19-43-27(33)39-13-9-5-7-11-15-41-29(35)45-21-22-46-30(36)42-16-12-8-6-10-14-40-28(34)44-20-18-38-26(32)24(3)4/h1,3,13-22H2,2,4H3. The van der Waals surface area contributed by atoms with E-state index in [4.69, 9.17) is 9.47 Å². The third-order valence-electron chi connectivity index (χ3n) is 3.82. The molecule has 0 bridgehead atoms. The molecule has 0 aliphatic rings. The van der Waals surface area contributed by atoms with Crippen molar-refractivity contribution in [3.63, 3.8) is 0 Å². The van der Waals surface area contributed by atoms with Gasteiger partial charge in [-0.3, -0.25) is 0 Å². The summed E-state index contributed by atoms with van der Waals surface area (Å²) in [5.74, 6) is 17.8. The highest BCUT2D eigenvalue weighted by atomic mass is 16.8. The van der Waals surface area contributed by atoms with E-state index >= 15 is 0 Å². The van der Waals surface area contributed by atoms with E-state index in [1.54, 1.807) is 0 Å². The van der Waals surface area contributed by atoms with Crippen molar-refractivity contribution in [3.05, 3.63) is 24.3 Å². The van der Waals surface area contributed by atoms with Gasteiger partial charge in [0.25, 0.3) is 0 Å². The lowest BCUT2D eigenvalue weighted by Crippen LogP contribution is -2.15. The monoisotopic (exact) mass is 646 g/mol. The molecule has 0 aliphatic heterocycles. The molecule has 0 aliphatic carbocycles. The Kier molecular flexibility index (Phi) is 22.8. The number of rotatable bonds is 15. The topological polar surface area (TPSA) is 195 Å². The normalized spacial score (nSPS) is 8.65. The van der Waals surface area contributed by atoms with Gasteiger partial charge in [0.15, 0.2) is 26.4 Å². The number of hydrogen-bond acceptors (Lipinski definition) is 16. The van der Waals surface area contributed by atoms with E-state index in [2.05, 4.69) is 98.4 Å². The van der Waals surface area contributed by atoms with Gasteiger partial charge >= 0.3 is 36.6 Å². The van der Waals surface area contributed by atoms with Crippen LogP contribution < -0.4 is 0 Å². The molecule has 0 heterocycles. The third-order valence-corrected chi connectivity index (χ3v) is 3.82. The van der Waals surface area contributed by atoms with Crippen molar-refractivity contribution in [2.24, 2.45) is 0 Å². The Morgan fingerprint density at radius 2 is 0.609 bits per heavy atom. The Labute approximate surface area is 264 Å². The molecule has 16 nitrogen and oxygen atoms in total. The average Bonchev–Trinajstić information content (AvgIpc) is 3.01.